The maximum atomic E-state index is 3.56. The summed E-state index contributed by atoms with van der Waals surface area (Å²) < 4.78 is 1.41. The second kappa shape index (κ2) is 6.73. The fourth-order valence-corrected chi connectivity index (χ4v) is 3.55. The maximum absolute atomic E-state index is 3.56. The summed E-state index contributed by atoms with van der Waals surface area (Å²) in [5.74, 6) is 0.735. The Kier molecular flexibility index (Phi) is 5.22. The number of hydrogen-bond donors (Lipinski definition) is 1. The first kappa shape index (κ1) is 15.5. The Labute approximate surface area is 127 Å². The fourth-order valence-electron chi connectivity index (χ4n) is 2.59. The highest BCUT2D eigenvalue weighted by molar-refractivity contribution is 7.17. The zero-order chi connectivity index (χ0) is 14.6. The standard InChI is InChI=1S/C18H27NS/c1-14(2)12-19-10-9-18(3,4)11-15-13-20-17-8-6-5-7-16(15)17/h5-8,13-14,19H,9-12H2,1-4H3. The third kappa shape index (κ3) is 4.32. The first-order chi connectivity index (χ1) is 9.48. The van der Waals surface area contributed by atoms with Gasteiger partial charge in [0, 0.05) is 4.70 Å². The van der Waals surface area contributed by atoms with Gasteiger partial charge in [0.25, 0.3) is 0 Å². The normalized spacial score (nSPS) is 12.4. The van der Waals surface area contributed by atoms with Gasteiger partial charge in [0.1, 0.15) is 0 Å². The van der Waals surface area contributed by atoms with E-state index in [0.717, 1.165) is 19.0 Å². The molecule has 0 saturated carbocycles. The van der Waals surface area contributed by atoms with Gasteiger partial charge in [-0.1, -0.05) is 45.9 Å². The molecule has 0 radical (unpaired) electrons. The maximum Gasteiger partial charge on any atom is 0.0345 e. The van der Waals surface area contributed by atoms with Crippen LogP contribution in [0.4, 0.5) is 0 Å². The van der Waals surface area contributed by atoms with Gasteiger partial charge in [-0.2, -0.15) is 0 Å². The number of thiophene rings is 1. The van der Waals surface area contributed by atoms with Crippen molar-refractivity contribution in [2.75, 3.05) is 13.1 Å². The molecule has 0 aliphatic heterocycles. The lowest BCUT2D eigenvalue weighted by Crippen LogP contribution is -2.26. The van der Waals surface area contributed by atoms with Crippen LogP contribution < -0.4 is 5.32 Å². The van der Waals surface area contributed by atoms with Crippen LogP contribution in [0, 0.1) is 11.3 Å². The molecule has 2 aromatic rings. The van der Waals surface area contributed by atoms with Gasteiger partial charge in [-0.25, -0.2) is 0 Å². The quantitative estimate of drug-likeness (QED) is 0.699. The molecule has 0 aliphatic rings. The molecule has 0 bridgehead atoms. The van der Waals surface area contributed by atoms with Crippen LogP contribution in [0.25, 0.3) is 10.1 Å². The smallest absolute Gasteiger partial charge is 0.0345 e. The summed E-state index contributed by atoms with van der Waals surface area (Å²) in [6.45, 7) is 11.5. The van der Waals surface area contributed by atoms with Gasteiger partial charge >= 0.3 is 0 Å². The molecule has 0 spiro atoms. The van der Waals surface area contributed by atoms with Crippen molar-refractivity contribution in [3.63, 3.8) is 0 Å². The molecule has 0 aliphatic carbocycles. The molecule has 0 atom stereocenters. The number of nitrogens with one attached hydrogen (secondary N) is 1. The van der Waals surface area contributed by atoms with Gasteiger partial charge < -0.3 is 5.32 Å². The molecular formula is C18H27NS. The Hall–Kier alpha value is -0.860. The molecule has 1 aromatic carbocycles. The molecule has 2 heteroatoms. The highest BCUT2D eigenvalue weighted by Gasteiger charge is 2.19. The van der Waals surface area contributed by atoms with Gasteiger partial charge in [0.05, 0.1) is 0 Å². The van der Waals surface area contributed by atoms with E-state index in [9.17, 15) is 0 Å². The minimum atomic E-state index is 0.355. The largest absolute Gasteiger partial charge is 0.316 e. The van der Waals surface area contributed by atoms with Gasteiger partial charge in [-0.15, -0.1) is 11.3 Å². The Morgan fingerprint density at radius 3 is 2.70 bits per heavy atom. The van der Waals surface area contributed by atoms with E-state index in [-0.39, 0.29) is 0 Å². The molecule has 1 heterocycles. The van der Waals surface area contributed by atoms with E-state index in [1.165, 1.54) is 28.5 Å². The minimum absolute atomic E-state index is 0.355. The SMILES string of the molecule is CC(C)CNCCC(C)(C)Cc1csc2ccccc12. The predicted octanol–water partition coefficient (Wildman–Crippen LogP) is 5.11. The summed E-state index contributed by atoms with van der Waals surface area (Å²) >= 11 is 1.87. The van der Waals surface area contributed by atoms with E-state index in [2.05, 4.69) is 62.7 Å². The first-order valence-electron chi connectivity index (χ1n) is 7.64. The molecule has 1 nitrogen and oxygen atoms in total. The van der Waals surface area contributed by atoms with E-state index in [0.29, 0.717) is 5.41 Å². The minimum Gasteiger partial charge on any atom is -0.316 e. The Bertz CT molecular complexity index is 539. The third-order valence-electron chi connectivity index (χ3n) is 3.76. The average Bonchev–Trinajstić information content (AvgIpc) is 2.78. The lowest BCUT2D eigenvalue weighted by molar-refractivity contribution is 0.323. The molecule has 0 saturated heterocycles. The van der Waals surface area contributed by atoms with Crippen molar-refractivity contribution < 1.29 is 0 Å². The Balaban J connectivity index is 1.94. The van der Waals surface area contributed by atoms with Gasteiger partial charge in [-0.05, 0) is 59.7 Å². The van der Waals surface area contributed by atoms with E-state index in [1.54, 1.807) is 0 Å². The molecule has 20 heavy (non-hydrogen) atoms. The van der Waals surface area contributed by atoms with Crippen molar-refractivity contribution in [2.24, 2.45) is 11.3 Å². The third-order valence-corrected chi connectivity index (χ3v) is 4.77. The summed E-state index contributed by atoms with van der Waals surface area (Å²) in [4.78, 5) is 0. The van der Waals surface area contributed by atoms with Crippen molar-refractivity contribution in [2.45, 2.75) is 40.5 Å². The topological polar surface area (TPSA) is 12.0 Å². The Morgan fingerprint density at radius 2 is 1.95 bits per heavy atom. The summed E-state index contributed by atoms with van der Waals surface area (Å²) in [5, 5.41) is 7.35. The summed E-state index contributed by atoms with van der Waals surface area (Å²) in [5.41, 5.74) is 1.87. The van der Waals surface area contributed by atoms with Crippen LogP contribution in [0.2, 0.25) is 0 Å². The second-order valence-corrected chi connectivity index (χ2v) is 7.86. The lowest BCUT2D eigenvalue weighted by atomic mass is 9.82. The number of rotatable bonds is 7. The van der Waals surface area contributed by atoms with Crippen molar-refractivity contribution in [1.29, 1.82) is 0 Å². The average molecular weight is 289 g/mol. The summed E-state index contributed by atoms with van der Waals surface area (Å²) in [6, 6.07) is 8.76. The highest BCUT2D eigenvalue weighted by Crippen LogP contribution is 2.32. The second-order valence-electron chi connectivity index (χ2n) is 6.95. The van der Waals surface area contributed by atoms with Crippen molar-refractivity contribution in [1.82, 2.24) is 5.32 Å². The van der Waals surface area contributed by atoms with Crippen LogP contribution in [0.3, 0.4) is 0 Å². The molecule has 110 valence electrons. The molecule has 1 aromatic heterocycles. The van der Waals surface area contributed by atoms with Crippen LogP contribution in [-0.2, 0) is 6.42 Å². The van der Waals surface area contributed by atoms with Crippen molar-refractivity contribution in [3.8, 4) is 0 Å². The van der Waals surface area contributed by atoms with E-state index in [4.69, 9.17) is 0 Å². The zero-order valence-corrected chi connectivity index (χ0v) is 14.0. The van der Waals surface area contributed by atoms with Gasteiger partial charge in [-0.3, -0.25) is 0 Å². The molecular weight excluding hydrogens is 262 g/mol. The Morgan fingerprint density at radius 1 is 1.20 bits per heavy atom. The zero-order valence-electron chi connectivity index (χ0n) is 13.2. The molecule has 0 unspecified atom stereocenters. The van der Waals surface area contributed by atoms with Crippen LogP contribution in [0.1, 0.15) is 39.7 Å². The van der Waals surface area contributed by atoms with Crippen molar-refractivity contribution >= 4 is 21.4 Å². The molecule has 0 fully saturated rings. The van der Waals surface area contributed by atoms with Gasteiger partial charge in [0.2, 0.25) is 0 Å². The molecule has 1 N–H and O–H groups in total. The monoisotopic (exact) mass is 289 g/mol. The highest BCUT2D eigenvalue weighted by atomic mass is 32.1. The number of fused-ring (bicyclic) bond motifs is 1. The predicted molar refractivity (Wildman–Crippen MR) is 91.6 cm³/mol. The first-order valence-corrected chi connectivity index (χ1v) is 8.52. The number of benzene rings is 1. The van der Waals surface area contributed by atoms with Gasteiger partial charge in [0.15, 0.2) is 0 Å². The summed E-state index contributed by atoms with van der Waals surface area (Å²) in [6.07, 6.45) is 2.39. The van der Waals surface area contributed by atoms with Crippen LogP contribution in [-0.4, -0.2) is 13.1 Å². The van der Waals surface area contributed by atoms with Crippen molar-refractivity contribution in [3.05, 3.63) is 35.2 Å². The van der Waals surface area contributed by atoms with Crippen LogP contribution in [0.15, 0.2) is 29.6 Å². The number of hydrogen-bond acceptors (Lipinski definition) is 2. The fraction of sp³-hybridized carbons (Fsp3) is 0.556. The van der Waals surface area contributed by atoms with Crippen LogP contribution in [0.5, 0.6) is 0 Å². The summed E-state index contributed by atoms with van der Waals surface area (Å²) in [7, 11) is 0. The van der Waals surface area contributed by atoms with E-state index >= 15 is 0 Å². The van der Waals surface area contributed by atoms with E-state index < -0.39 is 0 Å². The van der Waals surface area contributed by atoms with E-state index in [1.807, 2.05) is 11.3 Å². The lowest BCUT2D eigenvalue weighted by Gasteiger charge is -2.25. The molecule has 2 rings (SSSR count). The van der Waals surface area contributed by atoms with Crippen LogP contribution >= 0.6 is 11.3 Å². The molecule has 0 amide bonds.